The maximum Gasteiger partial charge on any atom is 0.411 e. The first-order valence-electron chi connectivity index (χ1n) is 6.56. The molecule has 1 aliphatic rings. The van der Waals surface area contributed by atoms with Crippen LogP contribution in [-0.4, -0.2) is 25.3 Å². The van der Waals surface area contributed by atoms with Gasteiger partial charge in [-0.3, -0.25) is 4.79 Å². The summed E-state index contributed by atoms with van der Waals surface area (Å²) in [6.45, 7) is -1.32. The second kappa shape index (κ2) is 6.79. The quantitative estimate of drug-likeness (QED) is 0.819. The van der Waals surface area contributed by atoms with Gasteiger partial charge in [-0.25, -0.2) is 0 Å². The standard InChI is InChI=1S/C14H15BrF3NO2/c15-11(7-21-8-14(16,17)18)9-4-5-12-10(6-9)2-1-3-13(20)19-12/h4-6,11H,1-3,7-8H2,(H,19,20). The third-order valence-corrected chi connectivity index (χ3v) is 3.94. The van der Waals surface area contributed by atoms with Crippen LogP contribution in [0.2, 0.25) is 0 Å². The van der Waals surface area contributed by atoms with Crippen LogP contribution in [0.4, 0.5) is 18.9 Å². The third kappa shape index (κ3) is 5.00. The predicted octanol–water partition coefficient (Wildman–Crippen LogP) is 3.98. The van der Waals surface area contributed by atoms with Crippen molar-refractivity contribution in [3.05, 3.63) is 29.3 Å². The maximum atomic E-state index is 12.0. The molecule has 0 spiro atoms. The van der Waals surface area contributed by atoms with E-state index < -0.39 is 12.8 Å². The number of halogens is 4. The van der Waals surface area contributed by atoms with Gasteiger partial charge in [-0.05, 0) is 30.0 Å². The number of aryl methyl sites for hydroxylation is 1. The van der Waals surface area contributed by atoms with Crippen molar-refractivity contribution < 1.29 is 22.7 Å². The van der Waals surface area contributed by atoms with E-state index in [4.69, 9.17) is 0 Å². The number of ether oxygens (including phenoxy) is 1. The average molecular weight is 366 g/mol. The highest BCUT2D eigenvalue weighted by molar-refractivity contribution is 9.09. The van der Waals surface area contributed by atoms with Crippen molar-refractivity contribution >= 4 is 27.5 Å². The molecule has 116 valence electrons. The number of rotatable bonds is 4. The lowest BCUT2D eigenvalue weighted by Gasteiger charge is -2.15. The molecule has 0 saturated heterocycles. The van der Waals surface area contributed by atoms with Crippen LogP contribution in [0, 0.1) is 0 Å². The molecule has 0 aromatic heterocycles. The summed E-state index contributed by atoms with van der Waals surface area (Å²) in [5.74, 6) is -0.00889. The Hall–Kier alpha value is -1.08. The molecule has 3 nitrogen and oxygen atoms in total. The Balaban J connectivity index is 2.00. The number of nitrogens with one attached hydrogen (secondary N) is 1. The molecule has 0 fully saturated rings. The molecule has 1 aromatic carbocycles. The van der Waals surface area contributed by atoms with E-state index in [2.05, 4.69) is 26.0 Å². The molecule has 1 aliphatic heterocycles. The van der Waals surface area contributed by atoms with Gasteiger partial charge in [0.25, 0.3) is 0 Å². The minimum absolute atomic E-state index is 0.00889. The Kier molecular flexibility index (Phi) is 5.27. The van der Waals surface area contributed by atoms with Gasteiger partial charge >= 0.3 is 6.18 Å². The summed E-state index contributed by atoms with van der Waals surface area (Å²) in [5.41, 5.74) is 2.61. The van der Waals surface area contributed by atoms with Crippen molar-refractivity contribution in [3.8, 4) is 0 Å². The summed E-state index contributed by atoms with van der Waals surface area (Å²) in [4.78, 5) is 11.1. The van der Waals surface area contributed by atoms with Crippen LogP contribution >= 0.6 is 15.9 Å². The minimum Gasteiger partial charge on any atom is -0.371 e. The van der Waals surface area contributed by atoms with E-state index in [0.29, 0.717) is 6.42 Å². The summed E-state index contributed by atoms with van der Waals surface area (Å²) in [6, 6.07) is 5.46. The van der Waals surface area contributed by atoms with E-state index in [-0.39, 0.29) is 17.3 Å². The lowest BCUT2D eigenvalue weighted by atomic mass is 10.0. The first kappa shape index (κ1) is 16.3. The number of anilines is 1. The highest BCUT2D eigenvalue weighted by atomic mass is 79.9. The van der Waals surface area contributed by atoms with Gasteiger partial charge in [-0.1, -0.05) is 28.1 Å². The van der Waals surface area contributed by atoms with Gasteiger partial charge in [0.2, 0.25) is 5.91 Å². The summed E-state index contributed by atoms with van der Waals surface area (Å²) in [7, 11) is 0. The van der Waals surface area contributed by atoms with Gasteiger partial charge < -0.3 is 10.1 Å². The van der Waals surface area contributed by atoms with Crippen LogP contribution in [-0.2, 0) is 16.0 Å². The van der Waals surface area contributed by atoms with Crippen molar-refractivity contribution in [1.82, 2.24) is 0 Å². The van der Waals surface area contributed by atoms with Crippen molar-refractivity contribution in [3.63, 3.8) is 0 Å². The zero-order chi connectivity index (χ0) is 15.5. The average Bonchev–Trinajstić information content (AvgIpc) is 2.56. The summed E-state index contributed by atoms with van der Waals surface area (Å²) in [5, 5.41) is 2.82. The Morgan fingerprint density at radius 1 is 1.33 bits per heavy atom. The fourth-order valence-corrected chi connectivity index (χ4v) is 2.64. The van der Waals surface area contributed by atoms with Crippen molar-refractivity contribution in [2.24, 2.45) is 0 Å². The Labute approximate surface area is 129 Å². The molecule has 7 heteroatoms. The summed E-state index contributed by atoms with van der Waals surface area (Å²) in [6.07, 6.45) is -2.30. The van der Waals surface area contributed by atoms with Crippen molar-refractivity contribution in [1.29, 1.82) is 0 Å². The van der Waals surface area contributed by atoms with E-state index in [0.717, 1.165) is 29.7 Å². The fourth-order valence-electron chi connectivity index (χ4n) is 2.16. The number of alkyl halides is 4. The number of benzene rings is 1. The van der Waals surface area contributed by atoms with Crippen molar-refractivity contribution in [2.45, 2.75) is 30.3 Å². The van der Waals surface area contributed by atoms with E-state index in [1.54, 1.807) is 12.1 Å². The van der Waals surface area contributed by atoms with E-state index >= 15 is 0 Å². The summed E-state index contributed by atoms with van der Waals surface area (Å²) >= 11 is 3.33. The van der Waals surface area contributed by atoms with Crippen molar-refractivity contribution in [2.75, 3.05) is 18.5 Å². The molecule has 1 atom stereocenters. The molecule has 1 N–H and O–H groups in total. The molecular weight excluding hydrogens is 351 g/mol. The monoisotopic (exact) mass is 365 g/mol. The second-order valence-corrected chi connectivity index (χ2v) is 6.02. The highest BCUT2D eigenvalue weighted by Gasteiger charge is 2.28. The van der Waals surface area contributed by atoms with Crippen LogP contribution in [0.3, 0.4) is 0 Å². The van der Waals surface area contributed by atoms with Gasteiger partial charge in [0, 0.05) is 12.1 Å². The van der Waals surface area contributed by atoms with Gasteiger partial charge in [-0.15, -0.1) is 0 Å². The van der Waals surface area contributed by atoms with Crippen LogP contribution in [0.1, 0.15) is 28.8 Å². The zero-order valence-corrected chi connectivity index (χ0v) is 12.8. The minimum atomic E-state index is -4.31. The van der Waals surface area contributed by atoms with E-state index in [1.807, 2.05) is 6.07 Å². The maximum absolute atomic E-state index is 12.0. The molecular formula is C14H15BrF3NO2. The van der Waals surface area contributed by atoms with Crippen LogP contribution in [0.25, 0.3) is 0 Å². The molecule has 1 aromatic rings. The van der Waals surface area contributed by atoms with Gasteiger partial charge in [0.1, 0.15) is 6.61 Å². The normalized spacial score (nSPS) is 16.9. The predicted molar refractivity (Wildman–Crippen MR) is 76.6 cm³/mol. The Bertz CT molecular complexity index is 519. The number of hydrogen-bond donors (Lipinski definition) is 1. The molecule has 0 radical (unpaired) electrons. The molecule has 1 unspecified atom stereocenters. The van der Waals surface area contributed by atoms with Crippen LogP contribution < -0.4 is 5.32 Å². The topological polar surface area (TPSA) is 38.3 Å². The smallest absolute Gasteiger partial charge is 0.371 e. The highest BCUT2D eigenvalue weighted by Crippen LogP contribution is 2.30. The van der Waals surface area contributed by atoms with Gasteiger partial charge in [-0.2, -0.15) is 13.2 Å². The lowest BCUT2D eigenvalue weighted by molar-refractivity contribution is -0.173. The molecule has 0 saturated carbocycles. The van der Waals surface area contributed by atoms with Gasteiger partial charge in [0.05, 0.1) is 11.4 Å². The number of fused-ring (bicyclic) bond motifs is 1. The molecule has 0 bridgehead atoms. The molecule has 0 aliphatic carbocycles. The molecule has 2 rings (SSSR count). The number of amides is 1. The molecule has 1 amide bonds. The van der Waals surface area contributed by atoms with E-state index in [1.165, 1.54) is 0 Å². The number of carbonyl (C=O) groups is 1. The first-order chi connectivity index (χ1) is 9.85. The number of hydrogen-bond acceptors (Lipinski definition) is 2. The lowest BCUT2D eigenvalue weighted by Crippen LogP contribution is -2.18. The fraction of sp³-hybridized carbons (Fsp3) is 0.500. The number of carbonyl (C=O) groups excluding carboxylic acids is 1. The molecule has 1 heterocycles. The van der Waals surface area contributed by atoms with E-state index in [9.17, 15) is 18.0 Å². The largest absolute Gasteiger partial charge is 0.411 e. The SMILES string of the molecule is O=C1CCCc2cc(C(Br)COCC(F)(F)F)ccc2N1. The zero-order valence-electron chi connectivity index (χ0n) is 11.2. The third-order valence-electron chi connectivity index (χ3n) is 3.14. The Morgan fingerprint density at radius 3 is 2.81 bits per heavy atom. The first-order valence-corrected chi connectivity index (χ1v) is 7.48. The summed E-state index contributed by atoms with van der Waals surface area (Å²) < 4.78 is 40.8. The second-order valence-electron chi connectivity index (χ2n) is 4.92. The van der Waals surface area contributed by atoms with Gasteiger partial charge in [0.15, 0.2) is 0 Å². The van der Waals surface area contributed by atoms with Crippen LogP contribution in [0.15, 0.2) is 18.2 Å². The van der Waals surface area contributed by atoms with Crippen LogP contribution in [0.5, 0.6) is 0 Å². The Morgan fingerprint density at radius 2 is 2.10 bits per heavy atom. The molecule has 21 heavy (non-hydrogen) atoms.